The first-order chi connectivity index (χ1) is 9.17. The molecular formula is C15H23N3O. The number of anilines is 1. The molecule has 1 aromatic rings. The summed E-state index contributed by atoms with van der Waals surface area (Å²) in [7, 11) is 0. The molecule has 2 rings (SSSR count). The number of nitrogens with two attached hydrogens (primary N) is 1. The summed E-state index contributed by atoms with van der Waals surface area (Å²) in [5.41, 5.74) is 5.25. The fourth-order valence-corrected chi connectivity index (χ4v) is 2.91. The van der Waals surface area contributed by atoms with Crippen molar-refractivity contribution in [3.63, 3.8) is 0 Å². The van der Waals surface area contributed by atoms with Gasteiger partial charge in [0.15, 0.2) is 0 Å². The molecular weight excluding hydrogens is 238 g/mol. The number of aryl methyl sites for hydroxylation is 1. The number of hydrogen-bond acceptors (Lipinski definition) is 3. The first-order valence-electron chi connectivity index (χ1n) is 7.05. The highest BCUT2D eigenvalue weighted by Gasteiger charge is 2.26. The van der Waals surface area contributed by atoms with E-state index in [1.54, 1.807) is 0 Å². The molecule has 1 aliphatic rings. The molecule has 0 heterocycles. The van der Waals surface area contributed by atoms with Crippen LogP contribution < -0.4 is 11.3 Å². The van der Waals surface area contributed by atoms with Crippen LogP contribution in [0.5, 0.6) is 0 Å². The molecule has 0 bridgehead atoms. The second kappa shape index (κ2) is 6.06. The van der Waals surface area contributed by atoms with Gasteiger partial charge in [0.2, 0.25) is 0 Å². The lowest BCUT2D eigenvalue weighted by molar-refractivity contribution is 0.0693. The van der Waals surface area contributed by atoms with E-state index in [4.69, 9.17) is 5.84 Å². The standard InChI is InChI=1S/C15H23N3O/c1-3-18(13-6-4-5-7-13)15(19)12-8-9-14(17-16)11(2)10-12/h8-10,13,17H,3-7,16H2,1-2H3. The molecule has 0 radical (unpaired) electrons. The Bertz CT molecular complexity index is 453. The largest absolute Gasteiger partial charge is 0.336 e. The second-order valence-electron chi connectivity index (χ2n) is 5.20. The van der Waals surface area contributed by atoms with Gasteiger partial charge in [-0.15, -0.1) is 0 Å². The van der Waals surface area contributed by atoms with E-state index in [9.17, 15) is 4.79 Å². The first-order valence-corrected chi connectivity index (χ1v) is 7.05. The van der Waals surface area contributed by atoms with Crippen molar-refractivity contribution in [2.45, 2.75) is 45.6 Å². The second-order valence-corrected chi connectivity index (χ2v) is 5.20. The third kappa shape index (κ3) is 2.89. The minimum atomic E-state index is 0.140. The van der Waals surface area contributed by atoms with Crippen LogP contribution in [0.4, 0.5) is 5.69 Å². The molecule has 0 saturated heterocycles. The molecule has 4 heteroatoms. The average molecular weight is 261 g/mol. The predicted octanol–water partition coefficient (Wildman–Crippen LogP) is 2.69. The highest BCUT2D eigenvalue weighted by atomic mass is 16.2. The maximum absolute atomic E-state index is 12.6. The number of amides is 1. The summed E-state index contributed by atoms with van der Waals surface area (Å²) < 4.78 is 0. The van der Waals surface area contributed by atoms with Crippen molar-refractivity contribution in [1.82, 2.24) is 4.90 Å². The molecule has 0 aromatic heterocycles. The maximum Gasteiger partial charge on any atom is 0.254 e. The van der Waals surface area contributed by atoms with Crippen LogP contribution in [0, 0.1) is 6.92 Å². The topological polar surface area (TPSA) is 58.4 Å². The number of carbonyl (C=O) groups excluding carboxylic acids is 1. The van der Waals surface area contributed by atoms with E-state index < -0.39 is 0 Å². The van der Waals surface area contributed by atoms with Gasteiger partial charge < -0.3 is 10.3 Å². The van der Waals surface area contributed by atoms with Crippen LogP contribution in [0.15, 0.2) is 18.2 Å². The van der Waals surface area contributed by atoms with E-state index in [-0.39, 0.29) is 5.91 Å². The third-order valence-electron chi connectivity index (χ3n) is 4.00. The van der Waals surface area contributed by atoms with Crippen LogP contribution in [0.3, 0.4) is 0 Å². The van der Waals surface area contributed by atoms with Crippen molar-refractivity contribution in [2.24, 2.45) is 5.84 Å². The van der Waals surface area contributed by atoms with Crippen LogP contribution in [0.25, 0.3) is 0 Å². The Morgan fingerprint density at radius 3 is 2.63 bits per heavy atom. The normalized spacial score (nSPS) is 15.5. The van der Waals surface area contributed by atoms with Gasteiger partial charge in [-0.25, -0.2) is 0 Å². The average Bonchev–Trinajstić information content (AvgIpc) is 2.93. The monoisotopic (exact) mass is 261 g/mol. The van der Waals surface area contributed by atoms with Gasteiger partial charge in [-0.3, -0.25) is 10.6 Å². The van der Waals surface area contributed by atoms with Gasteiger partial charge in [0.25, 0.3) is 5.91 Å². The van der Waals surface area contributed by atoms with Gasteiger partial charge in [0, 0.05) is 18.2 Å². The summed E-state index contributed by atoms with van der Waals surface area (Å²) in [5, 5.41) is 0. The van der Waals surface area contributed by atoms with Crippen molar-refractivity contribution in [3.05, 3.63) is 29.3 Å². The zero-order chi connectivity index (χ0) is 13.8. The Balaban J connectivity index is 2.19. The number of hydrazine groups is 1. The lowest BCUT2D eigenvalue weighted by Gasteiger charge is -2.28. The van der Waals surface area contributed by atoms with Crippen molar-refractivity contribution in [3.8, 4) is 0 Å². The molecule has 4 nitrogen and oxygen atoms in total. The van der Waals surface area contributed by atoms with Gasteiger partial charge in [0.05, 0.1) is 5.69 Å². The Labute approximate surface area is 114 Å². The van der Waals surface area contributed by atoms with E-state index >= 15 is 0 Å². The highest BCUT2D eigenvalue weighted by molar-refractivity contribution is 5.95. The van der Waals surface area contributed by atoms with Crippen molar-refractivity contribution in [1.29, 1.82) is 0 Å². The predicted molar refractivity (Wildman–Crippen MR) is 78.0 cm³/mol. The van der Waals surface area contributed by atoms with Crippen molar-refractivity contribution in [2.75, 3.05) is 12.0 Å². The lowest BCUT2D eigenvalue weighted by atomic mass is 10.1. The SMILES string of the molecule is CCN(C(=O)c1ccc(NN)c(C)c1)C1CCCC1. The number of nitrogens with one attached hydrogen (secondary N) is 1. The Morgan fingerprint density at radius 2 is 2.11 bits per heavy atom. The minimum absolute atomic E-state index is 0.140. The first kappa shape index (κ1) is 13.9. The third-order valence-corrected chi connectivity index (χ3v) is 4.00. The smallest absolute Gasteiger partial charge is 0.254 e. The Morgan fingerprint density at radius 1 is 1.42 bits per heavy atom. The number of hydrogen-bond donors (Lipinski definition) is 2. The Kier molecular flexibility index (Phi) is 4.43. The van der Waals surface area contributed by atoms with Crippen LogP contribution in [-0.4, -0.2) is 23.4 Å². The van der Waals surface area contributed by atoms with Crippen LogP contribution in [0.1, 0.15) is 48.5 Å². The molecule has 0 unspecified atom stereocenters. The number of carbonyl (C=O) groups is 1. The van der Waals surface area contributed by atoms with Crippen LogP contribution in [-0.2, 0) is 0 Å². The lowest BCUT2D eigenvalue weighted by Crippen LogP contribution is -2.38. The van der Waals surface area contributed by atoms with Gasteiger partial charge in [-0.1, -0.05) is 12.8 Å². The van der Waals surface area contributed by atoms with Gasteiger partial charge in [0.1, 0.15) is 0 Å². The van der Waals surface area contributed by atoms with Gasteiger partial charge in [-0.05, 0) is 50.5 Å². The number of nitrogen functional groups attached to an aromatic ring is 1. The number of rotatable bonds is 4. The summed E-state index contributed by atoms with van der Waals surface area (Å²) >= 11 is 0. The van der Waals surface area contributed by atoms with E-state index in [1.807, 2.05) is 30.0 Å². The summed E-state index contributed by atoms with van der Waals surface area (Å²) in [4.78, 5) is 14.6. The molecule has 1 aliphatic carbocycles. The molecule has 1 aromatic carbocycles. The maximum atomic E-state index is 12.6. The van der Waals surface area contributed by atoms with Crippen LogP contribution in [0.2, 0.25) is 0 Å². The molecule has 1 saturated carbocycles. The molecule has 0 spiro atoms. The molecule has 0 aliphatic heterocycles. The van der Waals surface area contributed by atoms with E-state index in [0.29, 0.717) is 6.04 Å². The molecule has 1 amide bonds. The fourth-order valence-electron chi connectivity index (χ4n) is 2.91. The van der Waals surface area contributed by atoms with Crippen molar-refractivity contribution < 1.29 is 4.79 Å². The fraction of sp³-hybridized carbons (Fsp3) is 0.533. The van der Waals surface area contributed by atoms with E-state index in [2.05, 4.69) is 12.3 Å². The van der Waals surface area contributed by atoms with Crippen molar-refractivity contribution >= 4 is 11.6 Å². The zero-order valence-corrected chi connectivity index (χ0v) is 11.8. The summed E-state index contributed by atoms with van der Waals surface area (Å²) in [5.74, 6) is 5.56. The molecule has 3 N–H and O–H groups in total. The molecule has 104 valence electrons. The zero-order valence-electron chi connectivity index (χ0n) is 11.8. The molecule has 19 heavy (non-hydrogen) atoms. The summed E-state index contributed by atoms with van der Waals surface area (Å²) in [6.07, 6.45) is 4.76. The van der Waals surface area contributed by atoms with E-state index in [0.717, 1.165) is 36.2 Å². The number of nitrogens with zero attached hydrogens (tertiary/aromatic N) is 1. The number of benzene rings is 1. The van der Waals surface area contributed by atoms with Gasteiger partial charge in [-0.2, -0.15) is 0 Å². The van der Waals surface area contributed by atoms with Gasteiger partial charge >= 0.3 is 0 Å². The summed E-state index contributed by atoms with van der Waals surface area (Å²) in [6, 6.07) is 6.05. The minimum Gasteiger partial charge on any atom is -0.336 e. The van der Waals surface area contributed by atoms with E-state index in [1.165, 1.54) is 12.8 Å². The molecule has 0 atom stereocenters. The summed E-state index contributed by atoms with van der Waals surface area (Å²) in [6.45, 7) is 4.79. The molecule has 1 fully saturated rings. The highest BCUT2D eigenvalue weighted by Crippen LogP contribution is 2.25. The van der Waals surface area contributed by atoms with Crippen LogP contribution >= 0.6 is 0 Å². The quantitative estimate of drug-likeness (QED) is 0.647. The Hall–Kier alpha value is -1.55.